The van der Waals surface area contributed by atoms with E-state index in [1.54, 1.807) is 7.11 Å². The Hall–Kier alpha value is -1.56. The van der Waals surface area contributed by atoms with Crippen LogP contribution in [0.5, 0.6) is 11.5 Å². The van der Waals surface area contributed by atoms with Gasteiger partial charge in [0.15, 0.2) is 17.5 Å². The maximum atomic E-state index is 6.33. The monoisotopic (exact) mass is 391 g/mol. The molecule has 150 valence electrons. The minimum atomic E-state index is 0.305. The average molecular weight is 392 g/mol. The number of guanidine groups is 1. The highest BCUT2D eigenvalue weighted by Gasteiger charge is 2.25. The van der Waals surface area contributed by atoms with Crippen molar-refractivity contribution in [2.24, 2.45) is 4.99 Å². The van der Waals surface area contributed by atoms with Gasteiger partial charge in [0.25, 0.3) is 0 Å². The Balaban J connectivity index is 1.62. The molecule has 2 unspecified atom stereocenters. The first-order valence-electron chi connectivity index (χ1n) is 10.1. The van der Waals surface area contributed by atoms with Gasteiger partial charge in [-0.1, -0.05) is 12.1 Å². The SMILES string of the molecule is CN=C(NCc1cccc(OC)c1OC1CCCC1)NC1CCC(SC)C1. The fraction of sp³-hybridized carbons (Fsp3) is 0.667. The van der Waals surface area contributed by atoms with E-state index >= 15 is 0 Å². The van der Waals surface area contributed by atoms with Crippen LogP contribution in [0.1, 0.15) is 50.5 Å². The van der Waals surface area contributed by atoms with Crippen LogP contribution < -0.4 is 20.1 Å². The third-order valence-corrected chi connectivity index (χ3v) is 6.69. The van der Waals surface area contributed by atoms with Crippen LogP contribution in [0.2, 0.25) is 0 Å². The number of hydrogen-bond acceptors (Lipinski definition) is 4. The molecule has 0 spiro atoms. The summed E-state index contributed by atoms with van der Waals surface area (Å²) >= 11 is 1.97. The van der Waals surface area contributed by atoms with Gasteiger partial charge in [-0.05, 0) is 57.3 Å². The van der Waals surface area contributed by atoms with Crippen molar-refractivity contribution < 1.29 is 9.47 Å². The van der Waals surface area contributed by atoms with Crippen molar-refractivity contribution in [2.45, 2.75) is 68.9 Å². The zero-order valence-corrected chi connectivity index (χ0v) is 17.6. The third kappa shape index (κ3) is 5.47. The van der Waals surface area contributed by atoms with Crippen LogP contribution in [-0.4, -0.2) is 43.8 Å². The number of nitrogens with zero attached hydrogens (tertiary/aromatic N) is 1. The summed E-state index contributed by atoms with van der Waals surface area (Å²) in [4.78, 5) is 4.41. The van der Waals surface area contributed by atoms with E-state index in [2.05, 4.69) is 27.9 Å². The highest BCUT2D eigenvalue weighted by atomic mass is 32.2. The summed E-state index contributed by atoms with van der Waals surface area (Å²) in [6.45, 7) is 0.664. The fourth-order valence-electron chi connectivity index (χ4n) is 4.02. The Morgan fingerprint density at radius 3 is 2.70 bits per heavy atom. The Bertz CT molecular complexity index is 632. The van der Waals surface area contributed by atoms with Gasteiger partial charge in [-0.3, -0.25) is 4.99 Å². The smallest absolute Gasteiger partial charge is 0.191 e. The van der Waals surface area contributed by atoms with Gasteiger partial charge in [-0.25, -0.2) is 0 Å². The highest BCUT2D eigenvalue weighted by Crippen LogP contribution is 2.35. The van der Waals surface area contributed by atoms with Crippen LogP contribution in [-0.2, 0) is 6.54 Å². The number of rotatable bonds is 7. The normalized spacial score (nSPS) is 23.4. The summed E-state index contributed by atoms with van der Waals surface area (Å²) in [6, 6.07) is 6.61. The summed E-state index contributed by atoms with van der Waals surface area (Å²) in [6.07, 6.45) is 11.0. The summed E-state index contributed by atoms with van der Waals surface area (Å²) in [5.74, 6) is 2.54. The van der Waals surface area contributed by atoms with Crippen molar-refractivity contribution >= 4 is 17.7 Å². The molecule has 0 aliphatic heterocycles. The molecule has 5 nitrogen and oxygen atoms in total. The number of aliphatic imine (C=N–C) groups is 1. The van der Waals surface area contributed by atoms with Crippen LogP contribution in [0.15, 0.2) is 23.2 Å². The maximum absolute atomic E-state index is 6.33. The molecular weight excluding hydrogens is 358 g/mol. The van der Waals surface area contributed by atoms with E-state index in [0.29, 0.717) is 18.7 Å². The standard InChI is InChI=1S/C21H33N3O2S/c1-22-21(24-16-11-12-18(13-16)27-3)23-14-15-7-6-10-19(25-2)20(15)26-17-8-4-5-9-17/h6-7,10,16-18H,4-5,8-9,11-14H2,1-3H3,(H2,22,23,24). The van der Waals surface area contributed by atoms with Gasteiger partial charge < -0.3 is 20.1 Å². The molecule has 0 radical (unpaired) electrons. The summed E-state index contributed by atoms with van der Waals surface area (Å²) < 4.78 is 11.9. The van der Waals surface area contributed by atoms with Crippen LogP contribution in [0, 0.1) is 0 Å². The molecular formula is C21H33N3O2S. The first-order chi connectivity index (χ1) is 13.2. The molecule has 2 aliphatic rings. The zero-order chi connectivity index (χ0) is 19.1. The Morgan fingerprint density at radius 2 is 2.04 bits per heavy atom. The molecule has 2 aliphatic carbocycles. The zero-order valence-electron chi connectivity index (χ0n) is 16.8. The minimum Gasteiger partial charge on any atom is -0.493 e. The first-order valence-corrected chi connectivity index (χ1v) is 11.3. The molecule has 2 N–H and O–H groups in total. The van der Waals surface area contributed by atoms with Crippen molar-refractivity contribution in [3.8, 4) is 11.5 Å². The number of hydrogen-bond donors (Lipinski definition) is 2. The van der Waals surface area contributed by atoms with E-state index in [1.165, 1.54) is 32.1 Å². The predicted octanol–water partition coefficient (Wildman–Crippen LogP) is 3.97. The Morgan fingerprint density at radius 1 is 1.22 bits per heavy atom. The van der Waals surface area contributed by atoms with Gasteiger partial charge in [0, 0.05) is 30.4 Å². The van der Waals surface area contributed by atoms with E-state index in [0.717, 1.165) is 41.1 Å². The van der Waals surface area contributed by atoms with E-state index in [1.807, 2.05) is 30.9 Å². The second kappa shape index (κ2) is 10.1. The molecule has 0 amide bonds. The third-order valence-electron chi connectivity index (χ3n) is 5.60. The molecule has 27 heavy (non-hydrogen) atoms. The lowest BCUT2D eigenvalue weighted by molar-refractivity contribution is 0.198. The largest absolute Gasteiger partial charge is 0.493 e. The molecule has 1 aromatic carbocycles. The summed E-state index contributed by atoms with van der Waals surface area (Å²) in [5, 5.41) is 7.80. The van der Waals surface area contributed by atoms with Crippen LogP contribution in [0.25, 0.3) is 0 Å². The number of thioether (sulfide) groups is 1. The average Bonchev–Trinajstić information content (AvgIpc) is 3.37. The topological polar surface area (TPSA) is 54.9 Å². The highest BCUT2D eigenvalue weighted by molar-refractivity contribution is 7.99. The van der Waals surface area contributed by atoms with Gasteiger partial charge in [-0.2, -0.15) is 11.8 Å². The molecule has 2 atom stereocenters. The molecule has 2 saturated carbocycles. The quantitative estimate of drug-likeness (QED) is 0.544. The van der Waals surface area contributed by atoms with E-state index in [9.17, 15) is 0 Å². The number of nitrogens with one attached hydrogen (secondary N) is 2. The number of benzene rings is 1. The van der Waals surface area contributed by atoms with Gasteiger partial charge in [-0.15, -0.1) is 0 Å². The van der Waals surface area contributed by atoms with Crippen LogP contribution >= 0.6 is 11.8 Å². The van der Waals surface area contributed by atoms with Crippen molar-refractivity contribution in [1.29, 1.82) is 0 Å². The van der Waals surface area contributed by atoms with Gasteiger partial charge >= 0.3 is 0 Å². The lowest BCUT2D eigenvalue weighted by atomic mass is 10.1. The molecule has 3 rings (SSSR count). The molecule has 0 saturated heterocycles. The van der Waals surface area contributed by atoms with Crippen molar-refractivity contribution in [3.63, 3.8) is 0 Å². The summed E-state index contributed by atoms with van der Waals surface area (Å²) in [7, 11) is 3.54. The van der Waals surface area contributed by atoms with Crippen molar-refractivity contribution in [1.82, 2.24) is 10.6 Å². The van der Waals surface area contributed by atoms with Gasteiger partial charge in [0.1, 0.15) is 0 Å². The van der Waals surface area contributed by atoms with E-state index in [-0.39, 0.29) is 0 Å². The molecule has 6 heteroatoms. The number of methoxy groups -OCH3 is 1. The fourth-order valence-corrected chi connectivity index (χ4v) is 4.82. The Labute approximate surface area is 167 Å². The van der Waals surface area contributed by atoms with E-state index < -0.39 is 0 Å². The van der Waals surface area contributed by atoms with Crippen LogP contribution in [0.4, 0.5) is 0 Å². The lowest BCUT2D eigenvalue weighted by Crippen LogP contribution is -2.42. The van der Waals surface area contributed by atoms with E-state index in [4.69, 9.17) is 9.47 Å². The second-order valence-electron chi connectivity index (χ2n) is 7.41. The van der Waals surface area contributed by atoms with Crippen molar-refractivity contribution in [2.75, 3.05) is 20.4 Å². The lowest BCUT2D eigenvalue weighted by Gasteiger charge is -2.21. The molecule has 0 aromatic heterocycles. The Kier molecular flexibility index (Phi) is 7.56. The van der Waals surface area contributed by atoms with Crippen molar-refractivity contribution in [3.05, 3.63) is 23.8 Å². The number of ether oxygens (including phenoxy) is 2. The molecule has 0 bridgehead atoms. The van der Waals surface area contributed by atoms with Gasteiger partial charge in [0.05, 0.1) is 13.2 Å². The second-order valence-corrected chi connectivity index (χ2v) is 8.55. The van der Waals surface area contributed by atoms with Crippen LogP contribution in [0.3, 0.4) is 0 Å². The minimum absolute atomic E-state index is 0.305. The first kappa shape index (κ1) is 20.2. The molecule has 1 aromatic rings. The predicted molar refractivity (Wildman–Crippen MR) is 114 cm³/mol. The summed E-state index contributed by atoms with van der Waals surface area (Å²) in [5.41, 5.74) is 1.11. The van der Waals surface area contributed by atoms with Gasteiger partial charge in [0.2, 0.25) is 0 Å². The molecule has 2 fully saturated rings. The molecule has 0 heterocycles. The number of para-hydroxylation sites is 1. The maximum Gasteiger partial charge on any atom is 0.191 e.